The first kappa shape index (κ1) is 51.4. The summed E-state index contributed by atoms with van der Waals surface area (Å²) in [6.07, 6.45) is 6.28. The predicted molar refractivity (Wildman–Crippen MR) is 243 cm³/mol. The van der Waals surface area contributed by atoms with Crippen LogP contribution in [0.4, 0.5) is 0 Å². The molecule has 8 aromatic rings. The van der Waals surface area contributed by atoms with Gasteiger partial charge in [0.1, 0.15) is 0 Å². The van der Waals surface area contributed by atoms with Gasteiger partial charge >= 0.3 is 0 Å². The van der Waals surface area contributed by atoms with Gasteiger partial charge in [-0.05, 0) is 94.2 Å². The van der Waals surface area contributed by atoms with Crippen LogP contribution >= 0.6 is 0 Å². The van der Waals surface area contributed by atoms with Crippen molar-refractivity contribution in [2.75, 3.05) is 0 Å². The van der Waals surface area contributed by atoms with Crippen LogP contribution in [0.2, 0.25) is 0 Å². The van der Waals surface area contributed by atoms with Gasteiger partial charge in [0.15, 0.2) is 0 Å². The molecule has 0 heterocycles. The fourth-order valence-corrected chi connectivity index (χ4v) is 6.71. The molecule has 0 fully saturated rings. The van der Waals surface area contributed by atoms with Crippen LogP contribution in [0.25, 0.3) is 22.3 Å². The van der Waals surface area contributed by atoms with Gasteiger partial charge in [-0.1, -0.05) is 142 Å². The van der Waals surface area contributed by atoms with Crippen LogP contribution < -0.4 is 0 Å². The molecule has 3 heteroatoms. The summed E-state index contributed by atoms with van der Waals surface area (Å²) in [5.41, 5.74) is 17.4. The SMILES string of the molecule is CCc1ccc(-c2ccc(Cc3cc[c-]cc3)cc2)cc1.CCc1ccc(Cc2cc[c-]cc2)cc1.CCc1ccc(Cc2ccc(-c3cc[c-]cc3)cc2)cc1.[Y].[Y].[Y]. The Kier molecular flexibility index (Phi) is 24.5. The smallest absolute Gasteiger partial charge is 0 e. The Morgan fingerprint density at radius 2 is 0.417 bits per heavy atom. The number of hydrogen-bond donors (Lipinski definition) is 0. The van der Waals surface area contributed by atoms with Crippen molar-refractivity contribution in [1.82, 2.24) is 0 Å². The first-order chi connectivity index (χ1) is 28.1. The number of hydrogen-bond acceptors (Lipinski definition) is 0. The average molecular weight is 1000 g/mol. The van der Waals surface area contributed by atoms with Gasteiger partial charge in [-0.2, -0.15) is 102 Å². The molecule has 0 saturated heterocycles. The molecule has 8 rings (SSSR count). The standard InChI is InChI=1S/2C21H19.C15H15.3Y/c1-2-17-8-12-20(13-9-17)21-14-10-19(11-15-21)16-18-6-4-3-5-7-18;1-2-17-8-10-18(11-9-17)16-19-12-14-21(15-13-19)20-6-4-3-5-7-20;1-2-13-8-10-15(11-9-13)12-14-6-4-3-5-7-14;;;/h2*4-15H,2,16H2,1H3;4-11H,2,12H2,1H3;;;/q3*-1;;;. The van der Waals surface area contributed by atoms with Crippen LogP contribution in [-0.2, 0) is 137 Å². The molecular formula is C57H53Y3-3. The van der Waals surface area contributed by atoms with Crippen molar-refractivity contribution in [1.29, 1.82) is 0 Å². The molecule has 0 amide bonds. The van der Waals surface area contributed by atoms with Crippen molar-refractivity contribution < 1.29 is 98.1 Å². The minimum atomic E-state index is 0. The van der Waals surface area contributed by atoms with Gasteiger partial charge in [0.25, 0.3) is 0 Å². The minimum Gasteiger partial charge on any atom is -0.184 e. The van der Waals surface area contributed by atoms with E-state index < -0.39 is 0 Å². The van der Waals surface area contributed by atoms with Gasteiger partial charge < -0.3 is 0 Å². The maximum atomic E-state index is 3.06. The molecule has 0 aliphatic carbocycles. The van der Waals surface area contributed by atoms with Crippen molar-refractivity contribution in [3.63, 3.8) is 0 Å². The summed E-state index contributed by atoms with van der Waals surface area (Å²) in [5.74, 6) is 0. The van der Waals surface area contributed by atoms with Gasteiger partial charge in [-0.3, -0.25) is 0 Å². The first-order valence-corrected chi connectivity index (χ1v) is 20.4. The molecule has 0 aromatic heterocycles. The topological polar surface area (TPSA) is 0 Å². The molecule has 0 bridgehead atoms. The van der Waals surface area contributed by atoms with E-state index in [1.54, 1.807) is 0 Å². The molecule has 0 saturated carbocycles. The molecule has 0 aliphatic heterocycles. The Bertz CT molecular complexity index is 2300. The molecule has 0 aliphatic rings. The average Bonchev–Trinajstić information content (AvgIpc) is 3.29. The third-order valence-electron chi connectivity index (χ3n) is 10.3. The fourth-order valence-electron chi connectivity index (χ4n) is 6.71. The minimum absolute atomic E-state index is 0. The summed E-state index contributed by atoms with van der Waals surface area (Å²) in [5, 5.41) is 0. The van der Waals surface area contributed by atoms with Crippen molar-refractivity contribution in [2.24, 2.45) is 0 Å². The zero-order valence-electron chi connectivity index (χ0n) is 35.4. The number of aryl methyl sites for hydroxylation is 3. The number of benzene rings is 8. The zero-order valence-corrected chi connectivity index (χ0v) is 44.0. The third kappa shape index (κ3) is 17.1. The largest absolute Gasteiger partial charge is 0.184 e. The van der Waals surface area contributed by atoms with Gasteiger partial charge in [0, 0.05) is 98.1 Å². The van der Waals surface area contributed by atoms with Crippen molar-refractivity contribution >= 4 is 0 Å². The maximum absolute atomic E-state index is 3.06. The molecule has 0 spiro atoms. The van der Waals surface area contributed by atoms with Crippen molar-refractivity contribution in [3.8, 4) is 22.3 Å². The Morgan fingerprint density at radius 3 is 0.683 bits per heavy atom. The molecule has 60 heavy (non-hydrogen) atoms. The Morgan fingerprint density at radius 1 is 0.233 bits per heavy atom. The van der Waals surface area contributed by atoms with Crippen LogP contribution in [0.1, 0.15) is 70.8 Å². The second-order valence-corrected chi connectivity index (χ2v) is 14.4. The molecule has 0 atom stereocenters. The zero-order chi connectivity index (χ0) is 39.5. The van der Waals surface area contributed by atoms with Crippen molar-refractivity contribution in [2.45, 2.75) is 59.3 Å². The Hall–Kier alpha value is -2.93. The maximum Gasteiger partial charge on any atom is 0 e. The van der Waals surface area contributed by atoms with Gasteiger partial charge in [-0.25, -0.2) is 0 Å². The Balaban J connectivity index is 0.000000238. The Labute approximate surface area is 436 Å². The molecule has 0 N–H and O–H groups in total. The van der Waals surface area contributed by atoms with Crippen LogP contribution in [0.15, 0.2) is 194 Å². The van der Waals surface area contributed by atoms with E-state index in [0.717, 1.165) is 38.5 Å². The summed E-state index contributed by atoms with van der Waals surface area (Å²) < 4.78 is 0. The normalized spacial score (nSPS) is 9.92. The third-order valence-corrected chi connectivity index (χ3v) is 10.3. The van der Waals surface area contributed by atoms with E-state index in [1.165, 1.54) is 72.3 Å². The predicted octanol–water partition coefficient (Wildman–Crippen LogP) is 14.2. The molecule has 0 unspecified atom stereocenters. The van der Waals surface area contributed by atoms with Gasteiger partial charge in [0.05, 0.1) is 0 Å². The van der Waals surface area contributed by atoms with Crippen LogP contribution in [0.5, 0.6) is 0 Å². The van der Waals surface area contributed by atoms with Crippen LogP contribution in [-0.4, -0.2) is 0 Å². The van der Waals surface area contributed by atoms with E-state index in [0.29, 0.717) is 0 Å². The summed E-state index contributed by atoms with van der Waals surface area (Å²) in [6.45, 7) is 6.56. The number of rotatable bonds is 11. The van der Waals surface area contributed by atoms with Gasteiger partial charge in [-0.15, -0.1) is 5.56 Å². The van der Waals surface area contributed by atoms with E-state index in [4.69, 9.17) is 0 Å². The van der Waals surface area contributed by atoms with Crippen LogP contribution in [0, 0.1) is 18.2 Å². The molecule has 0 nitrogen and oxygen atoms in total. The van der Waals surface area contributed by atoms with E-state index in [2.05, 4.69) is 197 Å². The second kappa shape index (κ2) is 28.6. The van der Waals surface area contributed by atoms with Gasteiger partial charge in [0.2, 0.25) is 0 Å². The van der Waals surface area contributed by atoms with Crippen molar-refractivity contribution in [3.05, 3.63) is 262 Å². The summed E-state index contributed by atoms with van der Waals surface area (Å²) in [7, 11) is 0. The van der Waals surface area contributed by atoms with E-state index in [9.17, 15) is 0 Å². The summed E-state index contributed by atoms with van der Waals surface area (Å²) in [4.78, 5) is 0. The molecular weight excluding hydrogens is 951 g/mol. The molecule has 3 radical (unpaired) electrons. The monoisotopic (exact) mass is 1000 g/mol. The molecule has 293 valence electrons. The molecule has 8 aromatic carbocycles. The quantitative estimate of drug-likeness (QED) is 0.113. The second-order valence-electron chi connectivity index (χ2n) is 14.4. The summed E-state index contributed by atoms with van der Waals surface area (Å²) in [6, 6.07) is 78.0. The fraction of sp³-hybridized carbons (Fsp3) is 0.158. The summed E-state index contributed by atoms with van der Waals surface area (Å²) >= 11 is 0. The van der Waals surface area contributed by atoms with Crippen LogP contribution in [0.3, 0.4) is 0 Å². The van der Waals surface area contributed by atoms with E-state index >= 15 is 0 Å². The van der Waals surface area contributed by atoms with E-state index in [1.807, 2.05) is 36.4 Å². The van der Waals surface area contributed by atoms with E-state index in [-0.39, 0.29) is 98.1 Å². The first-order valence-electron chi connectivity index (χ1n) is 20.4.